The molecule has 2 N–H and O–H groups in total. The molecular weight excluding hydrogens is 648 g/mol. The summed E-state index contributed by atoms with van der Waals surface area (Å²) in [7, 11) is 6.63. The monoisotopic (exact) mass is 712 g/mol. The van der Waals surface area contributed by atoms with E-state index < -0.39 is 0 Å². The average molecular weight is 713 g/mol. The topological polar surface area (TPSA) is 193 Å². The number of amides is 2. The van der Waals surface area contributed by atoms with E-state index in [1.54, 1.807) is 34.6 Å². The molecule has 288 valence electrons. The zero-order valence-electron chi connectivity index (χ0n) is 31.4. The number of carbonyl (C=O) groups excluding carboxylic acids is 2. The van der Waals surface area contributed by atoms with Crippen molar-refractivity contribution in [1.82, 2.24) is 25.6 Å². The first-order chi connectivity index (χ1) is 24.3. The molecule has 2 atom stereocenters. The fraction of sp³-hybridized carbons (Fsp3) is 0.824. The molecule has 0 saturated carbocycles. The highest BCUT2D eigenvalue weighted by molar-refractivity contribution is 5.78. The number of hydrogen-bond acceptors (Lipinski definition) is 11. The number of carbonyl (C=O) groups is 2. The quantitative estimate of drug-likeness (QED) is 0.0399. The lowest BCUT2D eigenvalue weighted by atomic mass is 10.1. The third-order valence-corrected chi connectivity index (χ3v) is 6.66. The van der Waals surface area contributed by atoms with Gasteiger partial charge in [0.25, 0.3) is 0 Å². The van der Waals surface area contributed by atoms with Gasteiger partial charge in [0.1, 0.15) is 25.4 Å². The third-order valence-electron chi connectivity index (χ3n) is 6.66. The number of rotatable bonds is 29. The molecule has 2 amide bonds. The zero-order chi connectivity index (χ0) is 37.5. The van der Waals surface area contributed by atoms with Crippen LogP contribution >= 0.6 is 0 Å². The van der Waals surface area contributed by atoms with Crippen molar-refractivity contribution in [3.63, 3.8) is 0 Å². The van der Waals surface area contributed by atoms with E-state index in [-0.39, 0.29) is 37.0 Å². The van der Waals surface area contributed by atoms with E-state index in [2.05, 4.69) is 50.7 Å². The van der Waals surface area contributed by atoms with Gasteiger partial charge in [-0.1, -0.05) is 55.8 Å². The summed E-state index contributed by atoms with van der Waals surface area (Å²) in [5, 5.41) is 16.9. The van der Waals surface area contributed by atoms with Crippen molar-refractivity contribution < 1.29 is 38.0 Å². The number of nitrogens with one attached hydrogen (secondary N) is 2. The van der Waals surface area contributed by atoms with E-state index in [1.807, 2.05) is 0 Å². The van der Waals surface area contributed by atoms with Crippen LogP contribution in [0.4, 0.5) is 0 Å². The fourth-order valence-corrected chi connectivity index (χ4v) is 4.18. The van der Waals surface area contributed by atoms with Crippen LogP contribution in [0, 0.1) is 12.3 Å². The molecule has 1 aromatic heterocycles. The van der Waals surface area contributed by atoms with Crippen LogP contribution in [0.5, 0.6) is 0 Å². The van der Waals surface area contributed by atoms with Gasteiger partial charge in [0, 0.05) is 59.8 Å². The highest BCUT2D eigenvalue weighted by Crippen LogP contribution is 2.03. The molecule has 0 fully saturated rings. The number of hydrogen-bond donors (Lipinski definition) is 2. The molecule has 0 aliphatic rings. The molecule has 0 spiro atoms. The molecular formula is C34H64N8O8. The molecule has 1 aromatic rings. The van der Waals surface area contributed by atoms with Crippen LogP contribution in [0.25, 0.3) is 10.4 Å². The van der Waals surface area contributed by atoms with E-state index in [0.717, 1.165) is 89.7 Å². The molecule has 16 nitrogen and oxygen atoms in total. The minimum Gasteiger partial charge on any atom is -0.385 e. The van der Waals surface area contributed by atoms with Gasteiger partial charge in [-0.3, -0.25) is 9.59 Å². The van der Waals surface area contributed by atoms with Crippen LogP contribution in [0.1, 0.15) is 83.7 Å². The normalized spacial score (nSPS) is 11.5. The summed E-state index contributed by atoms with van der Waals surface area (Å²) in [6.07, 6.45) is 16.8. The van der Waals surface area contributed by atoms with E-state index in [4.69, 9.17) is 40.4 Å². The number of methoxy groups -OCH3 is 4. The number of azide groups is 1. The van der Waals surface area contributed by atoms with Gasteiger partial charge in [-0.05, 0) is 44.1 Å². The van der Waals surface area contributed by atoms with Crippen molar-refractivity contribution in [2.24, 2.45) is 5.11 Å². The van der Waals surface area contributed by atoms with Gasteiger partial charge in [0.2, 0.25) is 11.8 Å². The number of terminal acetylenes is 1. The molecule has 0 aliphatic carbocycles. The molecule has 0 aromatic carbocycles. The van der Waals surface area contributed by atoms with E-state index in [9.17, 15) is 9.59 Å². The Balaban J connectivity index is 0. The lowest BCUT2D eigenvalue weighted by Gasteiger charge is -2.17. The van der Waals surface area contributed by atoms with E-state index in [0.29, 0.717) is 33.0 Å². The molecule has 0 aliphatic heterocycles. The molecule has 1 rings (SSSR count). The van der Waals surface area contributed by atoms with Crippen molar-refractivity contribution >= 4 is 11.8 Å². The standard InChI is InChI=1S/C17H32N4O4.C9H18N4O2.C8H14O2/c1-4-5-8-15(13-24-3)18-17(22)12-21-11-16(19-20-21)14-25-10-7-6-9-23-2;1-3-4-5-8(7-15-2)12-9(14)6-11-13-10;1-3-6-10-8-5-4-7-9-2/h11,15H,4-10,12-14H2,1-3H3,(H,18,22);8H,3-7H2,1-2H3,(H,12,14);1H,4-8H2,2H3. The van der Waals surface area contributed by atoms with Crippen LogP contribution in [0.3, 0.4) is 0 Å². The fourth-order valence-electron chi connectivity index (χ4n) is 4.18. The second-order valence-corrected chi connectivity index (χ2v) is 11.2. The predicted octanol–water partition coefficient (Wildman–Crippen LogP) is 4.22. The highest BCUT2D eigenvalue weighted by atomic mass is 16.5. The van der Waals surface area contributed by atoms with Gasteiger partial charge in [-0.2, -0.15) is 0 Å². The maximum absolute atomic E-state index is 12.1. The summed E-state index contributed by atoms with van der Waals surface area (Å²) in [6, 6.07) is 0.0484. The minimum atomic E-state index is -0.258. The first kappa shape index (κ1) is 48.8. The summed E-state index contributed by atoms with van der Waals surface area (Å²) < 4.78 is 32.1. The van der Waals surface area contributed by atoms with Gasteiger partial charge >= 0.3 is 0 Å². The first-order valence-corrected chi connectivity index (χ1v) is 17.4. The van der Waals surface area contributed by atoms with Gasteiger partial charge in [-0.15, -0.1) is 11.5 Å². The largest absolute Gasteiger partial charge is 0.385 e. The Labute approximate surface area is 299 Å². The zero-order valence-corrected chi connectivity index (χ0v) is 31.4. The Bertz CT molecular complexity index is 1020. The van der Waals surface area contributed by atoms with Crippen LogP contribution in [-0.4, -0.2) is 120 Å². The molecule has 2 unspecified atom stereocenters. The lowest BCUT2D eigenvalue weighted by molar-refractivity contribution is -0.123. The molecule has 0 radical (unpaired) electrons. The van der Waals surface area contributed by atoms with Crippen molar-refractivity contribution in [2.45, 2.75) is 103 Å². The summed E-state index contributed by atoms with van der Waals surface area (Å²) in [6.45, 7) is 9.00. The number of aromatic nitrogens is 3. The van der Waals surface area contributed by atoms with Gasteiger partial charge < -0.3 is 39.1 Å². The smallest absolute Gasteiger partial charge is 0.242 e. The van der Waals surface area contributed by atoms with Crippen LogP contribution in [0.15, 0.2) is 11.3 Å². The SMILES string of the molecule is C#CCOCCCCOC.CCCCC(COC)NC(=O)CN=[N+]=[N-].CCCCC(COC)NC(=O)Cn1cc(COCCCCOC)nn1. The maximum atomic E-state index is 12.1. The third kappa shape index (κ3) is 33.2. The molecule has 0 bridgehead atoms. The van der Waals surface area contributed by atoms with Crippen LogP contribution in [0.2, 0.25) is 0 Å². The molecule has 0 saturated heterocycles. The Hall–Kier alpha value is -3.29. The Morgan fingerprint density at radius 1 is 0.860 bits per heavy atom. The second kappa shape index (κ2) is 38.5. The van der Waals surface area contributed by atoms with Gasteiger partial charge in [0.05, 0.1) is 38.1 Å². The van der Waals surface area contributed by atoms with Crippen molar-refractivity contribution in [3.05, 3.63) is 22.3 Å². The summed E-state index contributed by atoms with van der Waals surface area (Å²) in [5.41, 5.74) is 8.77. The minimum absolute atomic E-state index is 0.0105. The summed E-state index contributed by atoms with van der Waals surface area (Å²) in [4.78, 5) is 25.9. The van der Waals surface area contributed by atoms with Gasteiger partial charge in [-0.25, -0.2) is 4.68 Å². The van der Waals surface area contributed by atoms with Crippen molar-refractivity contribution in [3.8, 4) is 12.3 Å². The maximum Gasteiger partial charge on any atom is 0.242 e. The molecule has 50 heavy (non-hydrogen) atoms. The number of nitrogens with zero attached hydrogens (tertiary/aromatic N) is 6. The summed E-state index contributed by atoms with van der Waals surface area (Å²) in [5.74, 6) is 2.06. The molecule has 1 heterocycles. The van der Waals surface area contributed by atoms with Crippen LogP contribution in [-0.2, 0) is 51.2 Å². The summed E-state index contributed by atoms with van der Waals surface area (Å²) >= 11 is 0. The number of ether oxygens (including phenoxy) is 6. The van der Waals surface area contributed by atoms with Crippen LogP contribution < -0.4 is 10.6 Å². The van der Waals surface area contributed by atoms with Crippen molar-refractivity contribution in [1.29, 1.82) is 0 Å². The Kier molecular flexibility index (Phi) is 37.6. The second-order valence-electron chi connectivity index (χ2n) is 11.2. The number of unbranched alkanes of at least 4 members (excludes halogenated alkanes) is 4. The Morgan fingerprint density at radius 2 is 1.40 bits per heavy atom. The highest BCUT2D eigenvalue weighted by Gasteiger charge is 2.13. The van der Waals surface area contributed by atoms with E-state index in [1.165, 1.54) is 4.68 Å². The van der Waals surface area contributed by atoms with Gasteiger partial charge in [0.15, 0.2) is 0 Å². The molecule has 16 heteroatoms. The predicted molar refractivity (Wildman–Crippen MR) is 192 cm³/mol. The van der Waals surface area contributed by atoms with Crippen molar-refractivity contribution in [2.75, 3.05) is 81.2 Å². The average Bonchev–Trinajstić information content (AvgIpc) is 3.55. The lowest BCUT2D eigenvalue weighted by Crippen LogP contribution is -2.39. The Morgan fingerprint density at radius 3 is 1.90 bits per heavy atom. The van der Waals surface area contributed by atoms with E-state index >= 15 is 0 Å². The first-order valence-electron chi connectivity index (χ1n) is 17.4.